The van der Waals surface area contributed by atoms with Crippen LogP contribution in [0.3, 0.4) is 0 Å². The van der Waals surface area contributed by atoms with Crippen LogP contribution < -0.4 is 5.73 Å². The van der Waals surface area contributed by atoms with Crippen molar-refractivity contribution in [3.05, 3.63) is 6.07 Å². The summed E-state index contributed by atoms with van der Waals surface area (Å²) in [5.74, 6) is 1.66. The molecular weight excluding hydrogens is 234 g/mol. The SMILES string of the molecule is CCSc1cc(N)n(C2CCCCCC2O)n1. The summed E-state index contributed by atoms with van der Waals surface area (Å²) in [5.41, 5.74) is 5.99. The number of aromatic nitrogens is 2. The van der Waals surface area contributed by atoms with Crippen LogP contribution in [0, 0.1) is 0 Å². The molecule has 1 aromatic heterocycles. The molecule has 0 saturated heterocycles. The van der Waals surface area contributed by atoms with Crippen LogP contribution >= 0.6 is 11.8 Å². The van der Waals surface area contributed by atoms with Gasteiger partial charge in [0.25, 0.3) is 0 Å². The van der Waals surface area contributed by atoms with E-state index < -0.39 is 0 Å². The Balaban J connectivity index is 2.18. The first-order valence-corrected chi connectivity index (χ1v) is 7.36. The molecule has 2 atom stereocenters. The quantitative estimate of drug-likeness (QED) is 0.643. The van der Waals surface area contributed by atoms with Gasteiger partial charge in [0.15, 0.2) is 0 Å². The zero-order chi connectivity index (χ0) is 12.3. The molecule has 1 fully saturated rings. The predicted octanol–water partition coefficient (Wildman–Crippen LogP) is 2.44. The van der Waals surface area contributed by atoms with E-state index >= 15 is 0 Å². The van der Waals surface area contributed by atoms with Crippen molar-refractivity contribution in [2.24, 2.45) is 0 Å². The number of aliphatic hydroxyl groups is 1. The van der Waals surface area contributed by atoms with Gasteiger partial charge in [-0.15, -0.1) is 11.8 Å². The summed E-state index contributed by atoms with van der Waals surface area (Å²) in [6.45, 7) is 2.10. The van der Waals surface area contributed by atoms with Crippen molar-refractivity contribution in [1.82, 2.24) is 9.78 Å². The molecule has 17 heavy (non-hydrogen) atoms. The van der Waals surface area contributed by atoms with Gasteiger partial charge in [0.2, 0.25) is 0 Å². The maximum absolute atomic E-state index is 10.1. The highest BCUT2D eigenvalue weighted by atomic mass is 32.2. The van der Waals surface area contributed by atoms with Crippen LogP contribution in [0.15, 0.2) is 11.1 Å². The van der Waals surface area contributed by atoms with Crippen molar-refractivity contribution >= 4 is 17.6 Å². The molecule has 1 aliphatic carbocycles. The number of hydrogen-bond acceptors (Lipinski definition) is 4. The molecule has 0 spiro atoms. The van der Waals surface area contributed by atoms with Crippen molar-refractivity contribution in [2.75, 3.05) is 11.5 Å². The molecule has 2 unspecified atom stereocenters. The standard InChI is InChI=1S/C12H21N3OS/c1-2-17-12-8-11(13)15(14-12)9-6-4-3-5-7-10(9)16/h8-10,16H,2-7,13H2,1H3. The van der Waals surface area contributed by atoms with Crippen molar-refractivity contribution < 1.29 is 5.11 Å². The van der Waals surface area contributed by atoms with E-state index in [1.54, 1.807) is 11.8 Å². The van der Waals surface area contributed by atoms with Gasteiger partial charge in [-0.3, -0.25) is 0 Å². The largest absolute Gasteiger partial charge is 0.391 e. The number of aliphatic hydroxyl groups excluding tert-OH is 1. The molecule has 0 radical (unpaired) electrons. The Bertz CT molecular complexity index is 367. The fourth-order valence-electron chi connectivity index (χ4n) is 2.42. The van der Waals surface area contributed by atoms with Crippen LogP contribution in [0.2, 0.25) is 0 Å². The highest BCUT2D eigenvalue weighted by Gasteiger charge is 2.25. The van der Waals surface area contributed by atoms with Crippen molar-refractivity contribution in [2.45, 2.75) is 56.2 Å². The number of thioether (sulfide) groups is 1. The van der Waals surface area contributed by atoms with E-state index in [0.717, 1.165) is 36.5 Å². The van der Waals surface area contributed by atoms with Crippen molar-refractivity contribution in [3.63, 3.8) is 0 Å². The second-order valence-electron chi connectivity index (χ2n) is 4.56. The summed E-state index contributed by atoms with van der Waals surface area (Å²) in [4.78, 5) is 0. The first-order chi connectivity index (χ1) is 8.22. The number of nitrogen functional groups attached to an aromatic ring is 1. The lowest BCUT2D eigenvalue weighted by atomic mass is 10.1. The first kappa shape index (κ1) is 12.8. The van der Waals surface area contributed by atoms with E-state index in [2.05, 4.69) is 12.0 Å². The summed E-state index contributed by atoms with van der Waals surface area (Å²) in [7, 11) is 0. The molecule has 0 aliphatic heterocycles. The summed E-state index contributed by atoms with van der Waals surface area (Å²) >= 11 is 1.69. The average molecular weight is 255 g/mol. The highest BCUT2D eigenvalue weighted by Crippen LogP contribution is 2.30. The maximum Gasteiger partial charge on any atom is 0.123 e. The van der Waals surface area contributed by atoms with Gasteiger partial charge in [-0.05, 0) is 18.6 Å². The Morgan fingerprint density at radius 3 is 3.00 bits per heavy atom. The van der Waals surface area contributed by atoms with Gasteiger partial charge in [-0.2, -0.15) is 5.10 Å². The molecular formula is C12H21N3OS. The number of rotatable bonds is 3. The number of nitrogens with zero attached hydrogens (tertiary/aromatic N) is 2. The Hall–Kier alpha value is -0.680. The fraction of sp³-hybridized carbons (Fsp3) is 0.750. The van der Waals surface area contributed by atoms with Crippen molar-refractivity contribution in [3.8, 4) is 0 Å². The van der Waals surface area contributed by atoms with E-state index in [1.807, 2.05) is 10.7 Å². The molecule has 2 rings (SSSR count). The van der Waals surface area contributed by atoms with Crippen LogP contribution in [-0.4, -0.2) is 26.7 Å². The van der Waals surface area contributed by atoms with Crippen LogP contribution in [0.1, 0.15) is 45.1 Å². The molecule has 1 heterocycles. The van der Waals surface area contributed by atoms with Gasteiger partial charge in [-0.1, -0.05) is 26.2 Å². The summed E-state index contributed by atoms with van der Waals surface area (Å²) in [6.07, 6.45) is 4.99. The molecule has 5 heteroatoms. The lowest BCUT2D eigenvalue weighted by Gasteiger charge is -2.21. The van der Waals surface area contributed by atoms with Gasteiger partial charge < -0.3 is 10.8 Å². The third-order valence-electron chi connectivity index (χ3n) is 3.29. The molecule has 1 aliphatic rings. The van der Waals surface area contributed by atoms with E-state index in [9.17, 15) is 5.11 Å². The van der Waals surface area contributed by atoms with E-state index in [1.165, 1.54) is 6.42 Å². The number of nitrogens with two attached hydrogens (primary N) is 1. The fourth-order valence-corrected chi connectivity index (χ4v) is 3.07. The smallest absolute Gasteiger partial charge is 0.123 e. The minimum Gasteiger partial charge on any atom is -0.391 e. The molecule has 4 nitrogen and oxygen atoms in total. The molecule has 0 aromatic carbocycles. The summed E-state index contributed by atoms with van der Waals surface area (Å²) in [5, 5.41) is 15.6. The second kappa shape index (κ2) is 5.78. The van der Waals surface area contributed by atoms with Crippen molar-refractivity contribution in [1.29, 1.82) is 0 Å². The maximum atomic E-state index is 10.1. The Morgan fingerprint density at radius 1 is 1.47 bits per heavy atom. The number of anilines is 1. The zero-order valence-electron chi connectivity index (χ0n) is 10.3. The topological polar surface area (TPSA) is 64.1 Å². The van der Waals surface area contributed by atoms with Gasteiger partial charge in [0, 0.05) is 6.07 Å². The second-order valence-corrected chi connectivity index (χ2v) is 5.84. The monoisotopic (exact) mass is 255 g/mol. The molecule has 1 aromatic rings. The number of hydrogen-bond donors (Lipinski definition) is 2. The van der Waals surface area contributed by atoms with E-state index in [4.69, 9.17) is 5.73 Å². The van der Waals surface area contributed by atoms with Crippen LogP contribution in [0.4, 0.5) is 5.82 Å². The minimum absolute atomic E-state index is 0.0590. The van der Waals surface area contributed by atoms with Gasteiger partial charge in [0.1, 0.15) is 10.8 Å². The third kappa shape index (κ3) is 2.96. The lowest BCUT2D eigenvalue weighted by molar-refractivity contribution is 0.0996. The molecule has 96 valence electrons. The van der Waals surface area contributed by atoms with Gasteiger partial charge in [0.05, 0.1) is 12.1 Å². The highest BCUT2D eigenvalue weighted by molar-refractivity contribution is 7.99. The van der Waals surface area contributed by atoms with Crippen LogP contribution in [-0.2, 0) is 0 Å². The molecule has 0 amide bonds. The lowest BCUT2D eigenvalue weighted by Crippen LogP contribution is -2.25. The first-order valence-electron chi connectivity index (χ1n) is 6.38. The summed E-state index contributed by atoms with van der Waals surface area (Å²) in [6, 6.07) is 1.97. The Morgan fingerprint density at radius 2 is 2.24 bits per heavy atom. The van der Waals surface area contributed by atoms with Gasteiger partial charge in [-0.25, -0.2) is 4.68 Å². The zero-order valence-corrected chi connectivity index (χ0v) is 11.1. The van der Waals surface area contributed by atoms with Gasteiger partial charge >= 0.3 is 0 Å². The van der Waals surface area contributed by atoms with Crippen LogP contribution in [0.25, 0.3) is 0 Å². The molecule has 1 saturated carbocycles. The molecule has 3 N–H and O–H groups in total. The average Bonchev–Trinajstić information content (AvgIpc) is 2.52. The minimum atomic E-state index is -0.306. The summed E-state index contributed by atoms with van der Waals surface area (Å²) < 4.78 is 1.83. The van der Waals surface area contributed by atoms with E-state index in [-0.39, 0.29) is 12.1 Å². The predicted molar refractivity (Wildman–Crippen MR) is 71.2 cm³/mol. The van der Waals surface area contributed by atoms with Crippen LogP contribution in [0.5, 0.6) is 0 Å². The Kier molecular flexibility index (Phi) is 4.34. The van der Waals surface area contributed by atoms with E-state index in [0.29, 0.717) is 5.82 Å². The Labute approximate surface area is 107 Å². The molecule has 0 bridgehead atoms. The third-order valence-corrected chi connectivity index (χ3v) is 4.08. The normalized spacial score (nSPS) is 25.8.